The average molecular weight is 245 g/mol. The molecule has 0 N–H and O–H groups in total. The number of carbonyl (C=O) groups is 2. The highest BCUT2D eigenvalue weighted by Gasteiger charge is 2.19. The molecular formula is C12H23NO4. The minimum absolute atomic E-state index is 0.104. The first-order valence-electron chi connectivity index (χ1n) is 5.88. The predicted octanol–water partition coefficient (Wildman–Crippen LogP) is 1.21. The molecule has 0 aliphatic heterocycles. The molecule has 0 rings (SSSR count). The lowest BCUT2D eigenvalue weighted by Crippen LogP contribution is -2.38. The third kappa shape index (κ3) is 8.68. The molecule has 17 heavy (non-hydrogen) atoms. The summed E-state index contributed by atoms with van der Waals surface area (Å²) in [6.45, 7) is 10.2. The summed E-state index contributed by atoms with van der Waals surface area (Å²) in [6.07, 6.45) is 0. The summed E-state index contributed by atoms with van der Waals surface area (Å²) in [5, 5.41) is 0. The SMILES string of the molecule is CCOC(=O)CN(CC)CC(=O)OC(C)(C)C. The van der Waals surface area contributed by atoms with E-state index in [1.54, 1.807) is 11.8 Å². The molecule has 0 saturated carbocycles. The molecule has 100 valence electrons. The van der Waals surface area contributed by atoms with Gasteiger partial charge in [0.05, 0.1) is 19.7 Å². The van der Waals surface area contributed by atoms with E-state index in [1.165, 1.54) is 0 Å². The number of hydrogen-bond acceptors (Lipinski definition) is 5. The van der Waals surface area contributed by atoms with E-state index in [9.17, 15) is 9.59 Å². The minimum atomic E-state index is -0.500. The van der Waals surface area contributed by atoms with E-state index in [1.807, 2.05) is 27.7 Å². The molecule has 0 amide bonds. The molecule has 0 aliphatic rings. The molecule has 0 unspecified atom stereocenters. The second-order valence-electron chi connectivity index (χ2n) is 4.69. The summed E-state index contributed by atoms with van der Waals surface area (Å²) in [5.74, 6) is -0.651. The van der Waals surface area contributed by atoms with Crippen molar-refractivity contribution in [3.8, 4) is 0 Å². The highest BCUT2D eigenvalue weighted by molar-refractivity contribution is 5.75. The summed E-state index contributed by atoms with van der Waals surface area (Å²) in [4.78, 5) is 24.5. The van der Waals surface area contributed by atoms with E-state index >= 15 is 0 Å². The molecule has 0 saturated heterocycles. The predicted molar refractivity (Wildman–Crippen MR) is 64.6 cm³/mol. The fourth-order valence-electron chi connectivity index (χ4n) is 1.23. The van der Waals surface area contributed by atoms with Crippen molar-refractivity contribution in [1.29, 1.82) is 0 Å². The van der Waals surface area contributed by atoms with Gasteiger partial charge in [0.2, 0.25) is 0 Å². The molecule has 0 radical (unpaired) electrons. The van der Waals surface area contributed by atoms with Gasteiger partial charge >= 0.3 is 11.9 Å². The number of carbonyl (C=O) groups excluding carboxylic acids is 2. The van der Waals surface area contributed by atoms with Crippen LogP contribution in [0.25, 0.3) is 0 Å². The van der Waals surface area contributed by atoms with Gasteiger partial charge in [-0.2, -0.15) is 0 Å². The summed E-state index contributed by atoms with van der Waals surface area (Å²) in [6, 6.07) is 0. The topological polar surface area (TPSA) is 55.8 Å². The molecule has 0 heterocycles. The van der Waals surface area contributed by atoms with Gasteiger partial charge in [-0.05, 0) is 34.2 Å². The number of likely N-dealkylation sites (N-methyl/N-ethyl adjacent to an activating group) is 1. The van der Waals surface area contributed by atoms with Crippen molar-refractivity contribution in [3.63, 3.8) is 0 Å². The van der Waals surface area contributed by atoms with E-state index < -0.39 is 5.60 Å². The molecular weight excluding hydrogens is 222 g/mol. The molecule has 0 fully saturated rings. The van der Waals surface area contributed by atoms with Crippen LogP contribution in [0.15, 0.2) is 0 Å². The smallest absolute Gasteiger partial charge is 0.320 e. The lowest BCUT2D eigenvalue weighted by molar-refractivity contribution is -0.157. The second kappa shape index (κ2) is 7.27. The van der Waals surface area contributed by atoms with Gasteiger partial charge in [-0.25, -0.2) is 0 Å². The number of hydrogen-bond donors (Lipinski definition) is 0. The minimum Gasteiger partial charge on any atom is -0.465 e. The van der Waals surface area contributed by atoms with Gasteiger partial charge in [-0.1, -0.05) is 6.92 Å². The molecule has 0 aromatic heterocycles. The molecule has 0 aromatic rings. The van der Waals surface area contributed by atoms with Crippen LogP contribution in [0.2, 0.25) is 0 Å². The Morgan fingerprint density at radius 1 is 1.06 bits per heavy atom. The second-order valence-corrected chi connectivity index (χ2v) is 4.69. The summed E-state index contributed by atoms with van der Waals surface area (Å²) in [5.41, 5.74) is -0.500. The maximum absolute atomic E-state index is 11.6. The van der Waals surface area contributed by atoms with E-state index in [0.717, 1.165) is 0 Å². The highest BCUT2D eigenvalue weighted by Crippen LogP contribution is 2.07. The fraction of sp³-hybridized carbons (Fsp3) is 0.833. The van der Waals surface area contributed by atoms with Crippen LogP contribution in [0.4, 0.5) is 0 Å². The maximum atomic E-state index is 11.6. The van der Waals surface area contributed by atoms with Crippen LogP contribution in [0.1, 0.15) is 34.6 Å². The van der Waals surface area contributed by atoms with Gasteiger partial charge < -0.3 is 9.47 Å². The van der Waals surface area contributed by atoms with Crippen LogP contribution in [0.5, 0.6) is 0 Å². The zero-order valence-electron chi connectivity index (χ0n) is 11.4. The molecule has 0 spiro atoms. The van der Waals surface area contributed by atoms with Crippen LogP contribution in [0, 0.1) is 0 Å². The molecule has 0 atom stereocenters. The average Bonchev–Trinajstić information content (AvgIpc) is 2.13. The third-order valence-electron chi connectivity index (χ3n) is 1.88. The normalized spacial score (nSPS) is 11.4. The molecule has 0 aliphatic carbocycles. The van der Waals surface area contributed by atoms with Crippen molar-refractivity contribution in [2.24, 2.45) is 0 Å². The van der Waals surface area contributed by atoms with Crippen molar-refractivity contribution in [2.75, 3.05) is 26.2 Å². The lowest BCUT2D eigenvalue weighted by Gasteiger charge is -2.23. The van der Waals surface area contributed by atoms with Crippen molar-refractivity contribution in [1.82, 2.24) is 4.90 Å². The Morgan fingerprint density at radius 3 is 2.00 bits per heavy atom. The standard InChI is InChI=1S/C12H23NO4/c1-6-13(8-10(14)16-7-2)9-11(15)17-12(3,4)5/h6-9H2,1-5H3. The Morgan fingerprint density at radius 2 is 1.59 bits per heavy atom. The Balaban J connectivity index is 4.13. The number of ether oxygens (including phenoxy) is 2. The van der Waals surface area contributed by atoms with Crippen molar-refractivity contribution in [2.45, 2.75) is 40.2 Å². The molecule has 5 nitrogen and oxygen atoms in total. The summed E-state index contributed by atoms with van der Waals surface area (Å²) in [7, 11) is 0. The first-order valence-corrected chi connectivity index (χ1v) is 5.88. The maximum Gasteiger partial charge on any atom is 0.320 e. The molecule has 5 heteroatoms. The van der Waals surface area contributed by atoms with Gasteiger partial charge in [0.1, 0.15) is 5.60 Å². The van der Waals surface area contributed by atoms with Crippen molar-refractivity contribution < 1.29 is 19.1 Å². The Labute approximate surface area is 103 Å². The lowest BCUT2D eigenvalue weighted by atomic mass is 10.2. The quantitative estimate of drug-likeness (QED) is 0.658. The van der Waals surface area contributed by atoms with Gasteiger partial charge in [-0.15, -0.1) is 0 Å². The highest BCUT2D eigenvalue weighted by atomic mass is 16.6. The number of nitrogens with zero attached hydrogens (tertiary/aromatic N) is 1. The monoisotopic (exact) mass is 245 g/mol. The van der Waals surface area contributed by atoms with E-state index in [2.05, 4.69) is 0 Å². The van der Waals surface area contributed by atoms with Crippen molar-refractivity contribution in [3.05, 3.63) is 0 Å². The first-order chi connectivity index (χ1) is 7.78. The zero-order valence-corrected chi connectivity index (χ0v) is 11.4. The molecule has 0 aromatic carbocycles. The van der Waals surface area contributed by atoms with Crippen LogP contribution in [-0.2, 0) is 19.1 Å². The third-order valence-corrected chi connectivity index (χ3v) is 1.88. The first kappa shape index (κ1) is 15.9. The van der Waals surface area contributed by atoms with Crippen LogP contribution in [-0.4, -0.2) is 48.7 Å². The Kier molecular flexibility index (Phi) is 6.80. The van der Waals surface area contributed by atoms with Gasteiger partial charge in [0.15, 0.2) is 0 Å². The van der Waals surface area contributed by atoms with Crippen LogP contribution in [0.3, 0.4) is 0 Å². The van der Waals surface area contributed by atoms with Crippen LogP contribution < -0.4 is 0 Å². The summed E-state index contributed by atoms with van der Waals surface area (Å²) >= 11 is 0. The number of rotatable bonds is 6. The van der Waals surface area contributed by atoms with Crippen molar-refractivity contribution >= 4 is 11.9 Å². The Hall–Kier alpha value is -1.10. The number of esters is 2. The fourth-order valence-corrected chi connectivity index (χ4v) is 1.23. The van der Waals surface area contributed by atoms with Gasteiger partial charge in [-0.3, -0.25) is 14.5 Å². The van der Waals surface area contributed by atoms with Gasteiger partial charge in [0, 0.05) is 0 Å². The Bertz CT molecular complexity index is 258. The summed E-state index contributed by atoms with van der Waals surface area (Å²) < 4.78 is 10.0. The largest absolute Gasteiger partial charge is 0.465 e. The van der Waals surface area contributed by atoms with E-state index in [-0.39, 0.29) is 25.0 Å². The molecule has 0 bridgehead atoms. The van der Waals surface area contributed by atoms with E-state index in [4.69, 9.17) is 9.47 Å². The van der Waals surface area contributed by atoms with Crippen LogP contribution >= 0.6 is 0 Å². The van der Waals surface area contributed by atoms with Gasteiger partial charge in [0.25, 0.3) is 0 Å². The zero-order chi connectivity index (χ0) is 13.5. The van der Waals surface area contributed by atoms with E-state index in [0.29, 0.717) is 13.2 Å².